The lowest BCUT2D eigenvalue weighted by atomic mass is 10.1. The van der Waals surface area contributed by atoms with Gasteiger partial charge < -0.3 is 14.6 Å². The Morgan fingerprint density at radius 2 is 2.00 bits per heavy atom. The van der Waals surface area contributed by atoms with Crippen LogP contribution in [0.1, 0.15) is 19.4 Å². The van der Waals surface area contributed by atoms with Crippen LogP contribution in [0.3, 0.4) is 0 Å². The molecule has 31 heavy (non-hydrogen) atoms. The molecule has 2 aromatic heterocycles. The molecule has 0 unspecified atom stereocenters. The molecule has 1 aliphatic rings. The van der Waals surface area contributed by atoms with Gasteiger partial charge in [-0.25, -0.2) is 9.97 Å². The molecule has 164 valence electrons. The summed E-state index contributed by atoms with van der Waals surface area (Å²) in [5.74, 6) is 0.583. The summed E-state index contributed by atoms with van der Waals surface area (Å²) in [5, 5.41) is 3.86. The summed E-state index contributed by atoms with van der Waals surface area (Å²) in [7, 11) is 1.71. The number of nitrogens with zero attached hydrogens (tertiary/aromatic N) is 4. The molecule has 3 aromatic rings. The molecule has 1 saturated heterocycles. The van der Waals surface area contributed by atoms with Crippen molar-refractivity contribution < 1.29 is 4.74 Å². The van der Waals surface area contributed by atoms with E-state index in [1.54, 1.807) is 25.1 Å². The molecule has 1 aromatic carbocycles. The van der Waals surface area contributed by atoms with Gasteiger partial charge in [0.15, 0.2) is 0 Å². The lowest BCUT2D eigenvalue weighted by Gasteiger charge is -2.27. The van der Waals surface area contributed by atoms with Crippen molar-refractivity contribution in [1.29, 1.82) is 0 Å². The minimum Gasteiger partial charge on any atom is -0.379 e. The molecule has 0 bridgehead atoms. The SMILES string of the molecule is CSc1cc(-c2cc3ncn(C)c(=O)c3c(NC(C)C)n2)ccc1CN1CCOCC1. The standard InChI is InChI=1S/C23H29N5O2S/c1-15(2)25-22-21-19(24-14-27(3)23(21)29)12-18(26-22)16-5-6-17(20(11-16)31-4)13-28-7-9-30-10-8-28/h5-6,11-12,14-15H,7-10,13H2,1-4H3,(H,25,26). The number of aryl methyl sites for hydroxylation is 1. The van der Waals surface area contributed by atoms with Gasteiger partial charge in [-0.3, -0.25) is 9.69 Å². The predicted octanol–water partition coefficient (Wildman–Crippen LogP) is 3.37. The van der Waals surface area contributed by atoms with Crippen LogP contribution in [0, 0.1) is 0 Å². The second-order valence-electron chi connectivity index (χ2n) is 8.13. The van der Waals surface area contributed by atoms with Crippen molar-refractivity contribution in [2.45, 2.75) is 31.3 Å². The maximum absolute atomic E-state index is 12.7. The van der Waals surface area contributed by atoms with Gasteiger partial charge in [-0.15, -0.1) is 11.8 Å². The number of morpholine rings is 1. The van der Waals surface area contributed by atoms with Gasteiger partial charge in [-0.2, -0.15) is 0 Å². The third kappa shape index (κ3) is 4.76. The average Bonchev–Trinajstić information content (AvgIpc) is 2.76. The molecule has 7 nitrogen and oxygen atoms in total. The number of thioether (sulfide) groups is 1. The third-order valence-electron chi connectivity index (χ3n) is 5.41. The zero-order valence-corrected chi connectivity index (χ0v) is 19.3. The Morgan fingerprint density at radius 1 is 1.23 bits per heavy atom. The van der Waals surface area contributed by atoms with Gasteiger partial charge in [0.2, 0.25) is 0 Å². The van der Waals surface area contributed by atoms with Gasteiger partial charge in [-0.1, -0.05) is 12.1 Å². The summed E-state index contributed by atoms with van der Waals surface area (Å²) in [4.78, 5) is 25.7. The largest absolute Gasteiger partial charge is 0.379 e. The molecule has 1 fully saturated rings. The molecular formula is C23H29N5O2S. The van der Waals surface area contributed by atoms with Crippen molar-refractivity contribution >= 4 is 28.5 Å². The smallest absolute Gasteiger partial charge is 0.264 e. The van der Waals surface area contributed by atoms with Crippen LogP contribution in [-0.2, 0) is 18.3 Å². The highest BCUT2D eigenvalue weighted by atomic mass is 32.2. The van der Waals surface area contributed by atoms with E-state index in [0.29, 0.717) is 16.7 Å². The van der Waals surface area contributed by atoms with Crippen molar-refractivity contribution in [3.63, 3.8) is 0 Å². The molecule has 0 radical (unpaired) electrons. The van der Waals surface area contributed by atoms with E-state index in [2.05, 4.69) is 39.7 Å². The average molecular weight is 440 g/mol. The summed E-state index contributed by atoms with van der Waals surface area (Å²) < 4.78 is 6.96. The Balaban J connectivity index is 1.75. The van der Waals surface area contributed by atoms with Crippen LogP contribution in [0.25, 0.3) is 22.2 Å². The highest BCUT2D eigenvalue weighted by Gasteiger charge is 2.16. The van der Waals surface area contributed by atoms with E-state index in [9.17, 15) is 4.79 Å². The number of anilines is 1. The second-order valence-corrected chi connectivity index (χ2v) is 8.97. The summed E-state index contributed by atoms with van der Waals surface area (Å²) in [6.07, 6.45) is 3.67. The number of benzene rings is 1. The molecule has 1 aliphatic heterocycles. The molecular weight excluding hydrogens is 410 g/mol. The summed E-state index contributed by atoms with van der Waals surface area (Å²) in [6.45, 7) is 8.51. The zero-order chi connectivity index (χ0) is 22.0. The fourth-order valence-corrected chi connectivity index (χ4v) is 4.42. The number of rotatable bonds is 6. The first kappa shape index (κ1) is 21.8. The number of nitrogens with one attached hydrogen (secondary N) is 1. The summed E-state index contributed by atoms with van der Waals surface area (Å²) >= 11 is 1.75. The number of aromatic nitrogens is 3. The molecule has 8 heteroatoms. The van der Waals surface area contributed by atoms with E-state index in [-0.39, 0.29) is 11.6 Å². The van der Waals surface area contributed by atoms with E-state index in [0.717, 1.165) is 44.1 Å². The molecule has 0 aliphatic carbocycles. The first-order chi connectivity index (χ1) is 15.0. The maximum Gasteiger partial charge on any atom is 0.264 e. The van der Waals surface area contributed by atoms with Gasteiger partial charge in [0, 0.05) is 43.2 Å². The van der Waals surface area contributed by atoms with Gasteiger partial charge in [0.05, 0.1) is 30.8 Å². The molecule has 0 saturated carbocycles. The van der Waals surface area contributed by atoms with E-state index in [1.165, 1.54) is 15.0 Å². The van der Waals surface area contributed by atoms with Gasteiger partial charge >= 0.3 is 0 Å². The lowest BCUT2D eigenvalue weighted by molar-refractivity contribution is 0.0339. The summed E-state index contributed by atoms with van der Waals surface area (Å²) in [6, 6.07) is 8.55. The minimum absolute atomic E-state index is 0.0992. The Morgan fingerprint density at radius 3 is 2.71 bits per heavy atom. The Kier molecular flexibility index (Phi) is 6.60. The Hall–Kier alpha value is -2.42. The molecule has 0 spiro atoms. The van der Waals surface area contributed by atoms with E-state index < -0.39 is 0 Å². The molecule has 3 heterocycles. The fraction of sp³-hybridized carbons (Fsp3) is 0.435. The van der Waals surface area contributed by atoms with Crippen molar-refractivity contribution in [2.24, 2.45) is 7.05 Å². The van der Waals surface area contributed by atoms with Crippen LogP contribution in [0.15, 0.2) is 40.3 Å². The topological polar surface area (TPSA) is 72.3 Å². The number of fused-ring (bicyclic) bond motifs is 1. The van der Waals surface area contributed by atoms with Crippen LogP contribution in [0.4, 0.5) is 5.82 Å². The second kappa shape index (κ2) is 9.38. The molecule has 1 N–H and O–H groups in total. The van der Waals surface area contributed by atoms with Crippen molar-refractivity contribution in [3.8, 4) is 11.3 Å². The van der Waals surface area contributed by atoms with Crippen LogP contribution in [0.5, 0.6) is 0 Å². The van der Waals surface area contributed by atoms with Gasteiger partial charge in [-0.05, 0) is 37.8 Å². The first-order valence-corrected chi connectivity index (χ1v) is 11.8. The molecule has 0 amide bonds. The quantitative estimate of drug-likeness (QED) is 0.591. The van der Waals surface area contributed by atoms with Gasteiger partial charge in [0.1, 0.15) is 11.2 Å². The van der Waals surface area contributed by atoms with Crippen molar-refractivity contribution in [1.82, 2.24) is 19.4 Å². The highest BCUT2D eigenvalue weighted by Crippen LogP contribution is 2.30. The minimum atomic E-state index is -0.0992. The highest BCUT2D eigenvalue weighted by molar-refractivity contribution is 7.98. The lowest BCUT2D eigenvalue weighted by Crippen LogP contribution is -2.35. The zero-order valence-electron chi connectivity index (χ0n) is 18.5. The van der Waals surface area contributed by atoms with Crippen LogP contribution in [0.2, 0.25) is 0 Å². The van der Waals surface area contributed by atoms with E-state index in [4.69, 9.17) is 9.72 Å². The fourth-order valence-electron chi connectivity index (χ4n) is 3.78. The number of pyridine rings is 1. The maximum atomic E-state index is 12.7. The van der Waals surface area contributed by atoms with E-state index in [1.807, 2.05) is 19.9 Å². The molecule has 4 rings (SSSR count). The Labute approximate surface area is 186 Å². The van der Waals surface area contributed by atoms with Crippen molar-refractivity contribution in [2.75, 3.05) is 37.9 Å². The number of ether oxygens (including phenoxy) is 1. The Bertz CT molecular complexity index is 1140. The van der Waals surface area contributed by atoms with Crippen molar-refractivity contribution in [3.05, 3.63) is 46.5 Å². The normalized spacial score (nSPS) is 15.0. The summed E-state index contributed by atoms with van der Waals surface area (Å²) in [5.41, 5.74) is 3.69. The predicted molar refractivity (Wildman–Crippen MR) is 127 cm³/mol. The number of hydrogen-bond donors (Lipinski definition) is 1. The van der Waals surface area contributed by atoms with E-state index >= 15 is 0 Å². The van der Waals surface area contributed by atoms with Crippen LogP contribution >= 0.6 is 11.8 Å². The monoisotopic (exact) mass is 439 g/mol. The van der Waals surface area contributed by atoms with Gasteiger partial charge in [0.25, 0.3) is 5.56 Å². The van der Waals surface area contributed by atoms with Crippen LogP contribution in [-0.4, -0.2) is 58.0 Å². The third-order valence-corrected chi connectivity index (χ3v) is 6.23. The first-order valence-electron chi connectivity index (χ1n) is 10.6. The molecule has 0 atom stereocenters. The number of hydrogen-bond acceptors (Lipinski definition) is 7. The van der Waals surface area contributed by atoms with Crippen LogP contribution < -0.4 is 10.9 Å².